The summed E-state index contributed by atoms with van der Waals surface area (Å²) in [4.78, 5) is 12.5. The number of benzene rings is 2. The third kappa shape index (κ3) is 4.01. The van der Waals surface area contributed by atoms with Crippen molar-refractivity contribution in [3.63, 3.8) is 0 Å². The first-order valence-corrected chi connectivity index (χ1v) is 10.2. The van der Waals surface area contributed by atoms with Crippen molar-refractivity contribution in [2.24, 2.45) is 0 Å². The van der Waals surface area contributed by atoms with E-state index in [1.165, 1.54) is 42.7 Å². The predicted molar refractivity (Wildman–Crippen MR) is 101 cm³/mol. The lowest BCUT2D eigenvalue weighted by Crippen LogP contribution is -2.29. The summed E-state index contributed by atoms with van der Waals surface area (Å²) < 4.78 is 33.1. The smallest absolute Gasteiger partial charge is 0.337 e. The Morgan fingerprint density at radius 2 is 1.69 bits per heavy atom. The molecular formula is C19H17NO4S2. The quantitative estimate of drug-likeness (QED) is 0.656. The number of carbonyl (C=O) groups excluding carboxylic acids is 1. The Labute approximate surface area is 156 Å². The summed E-state index contributed by atoms with van der Waals surface area (Å²) in [6.45, 7) is 0. The van der Waals surface area contributed by atoms with Crippen LogP contribution in [0, 0.1) is 0 Å². The average Bonchev–Trinajstić information content (AvgIpc) is 3.21. The third-order valence-electron chi connectivity index (χ3n) is 3.82. The van der Waals surface area contributed by atoms with E-state index in [0.717, 1.165) is 10.4 Å². The Balaban J connectivity index is 1.92. The topological polar surface area (TPSA) is 72.5 Å². The summed E-state index contributed by atoms with van der Waals surface area (Å²) in [6, 6.07) is 18.3. The van der Waals surface area contributed by atoms with E-state index in [2.05, 4.69) is 9.46 Å². The highest BCUT2D eigenvalue weighted by Crippen LogP contribution is 2.28. The Kier molecular flexibility index (Phi) is 5.51. The van der Waals surface area contributed by atoms with Crippen molar-refractivity contribution >= 4 is 27.3 Å². The predicted octanol–water partition coefficient (Wildman–Crippen LogP) is 3.60. The van der Waals surface area contributed by atoms with Gasteiger partial charge in [0.1, 0.15) is 0 Å². The van der Waals surface area contributed by atoms with Crippen LogP contribution in [0.1, 0.15) is 26.8 Å². The first-order valence-electron chi connectivity index (χ1n) is 7.80. The van der Waals surface area contributed by atoms with E-state index < -0.39 is 22.0 Å². The maximum Gasteiger partial charge on any atom is 0.337 e. The van der Waals surface area contributed by atoms with Gasteiger partial charge in [-0.05, 0) is 41.3 Å². The van der Waals surface area contributed by atoms with Crippen molar-refractivity contribution in [2.75, 3.05) is 7.11 Å². The van der Waals surface area contributed by atoms with Gasteiger partial charge in [-0.15, -0.1) is 11.3 Å². The van der Waals surface area contributed by atoms with Gasteiger partial charge in [0, 0.05) is 4.88 Å². The molecule has 0 fully saturated rings. The SMILES string of the molecule is COC(=O)c1ccc(S(=O)(=O)NC(c2ccccc2)c2cccs2)cc1. The number of thiophene rings is 1. The standard InChI is InChI=1S/C19H17NO4S2/c1-24-19(21)15-9-11-16(12-10-15)26(22,23)20-18(17-8-5-13-25-17)14-6-3-2-4-7-14/h2-13,18,20H,1H3. The molecule has 0 aliphatic rings. The Hall–Kier alpha value is -2.48. The fraction of sp³-hybridized carbons (Fsp3) is 0.105. The molecule has 0 aliphatic carbocycles. The molecule has 0 saturated heterocycles. The number of methoxy groups -OCH3 is 1. The second-order valence-corrected chi connectivity index (χ2v) is 8.19. The molecule has 3 aromatic rings. The highest BCUT2D eigenvalue weighted by atomic mass is 32.2. The number of hydrogen-bond acceptors (Lipinski definition) is 5. The van der Waals surface area contributed by atoms with Crippen molar-refractivity contribution in [1.29, 1.82) is 0 Å². The van der Waals surface area contributed by atoms with Crippen LogP contribution in [0.25, 0.3) is 0 Å². The van der Waals surface area contributed by atoms with Gasteiger partial charge in [-0.25, -0.2) is 13.2 Å². The second-order valence-electron chi connectivity index (χ2n) is 5.50. The maximum atomic E-state index is 12.8. The van der Waals surface area contributed by atoms with E-state index in [4.69, 9.17) is 0 Å². The fourth-order valence-electron chi connectivity index (χ4n) is 2.50. The van der Waals surface area contributed by atoms with Gasteiger partial charge in [-0.1, -0.05) is 36.4 Å². The molecule has 1 unspecified atom stereocenters. The summed E-state index contributed by atoms with van der Waals surface area (Å²) >= 11 is 1.48. The van der Waals surface area contributed by atoms with Gasteiger partial charge in [0.25, 0.3) is 0 Å². The minimum Gasteiger partial charge on any atom is -0.465 e. The molecule has 3 rings (SSSR count). The van der Waals surface area contributed by atoms with Crippen LogP contribution in [-0.2, 0) is 14.8 Å². The average molecular weight is 387 g/mol. The van der Waals surface area contributed by atoms with Gasteiger partial charge in [0.15, 0.2) is 0 Å². The van der Waals surface area contributed by atoms with Gasteiger partial charge in [-0.2, -0.15) is 4.72 Å². The normalized spacial score (nSPS) is 12.5. The van der Waals surface area contributed by atoms with Crippen LogP contribution in [0.3, 0.4) is 0 Å². The lowest BCUT2D eigenvalue weighted by atomic mass is 10.1. The minimum atomic E-state index is -3.78. The number of nitrogens with one attached hydrogen (secondary N) is 1. The largest absolute Gasteiger partial charge is 0.465 e. The van der Waals surface area contributed by atoms with Crippen LogP contribution in [0.2, 0.25) is 0 Å². The Bertz CT molecular complexity index is 966. The molecule has 7 heteroatoms. The van der Waals surface area contributed by atoms with Crippen LogP contribution >= 0.6 is 11.3 Å². The van der Waals surface area contributed by atoms with Crippen LogP contribution in [0.15, 0.2) is 77.0 Å². The zero-order valence-electron chi connectivity index (χ0n) is 14.0. The molecule has 0 bridgehead atoms. The molecule has 1 heterocycles. The van der Waals surface area contributed by atoms with Gasteiger partial charge >= 0.3 is 5.97 Å². The van der Waals surface area contributed by atoms with E-state index in [1.54, 1.807) is 0 Å². The molecule has 134 valence electrons. The Morgan fingerprint density at radius 1 is 1.00 bits per heavy atom. The van der Waals surface area contributed by atoms with Crippen LogP contribution in [0.5, 0.6) is 0 Å². The summed E-state index contributed by atoms with van der Waals surface area (Å²) in [6.07, 6.45) is 0. The Morgan fingerprint density at radius 3 is 2.27 bits per heavy atom. The van der Waals surface area contributed by atoms with Crippen molar-refractivity contribution < 1.29 is 17.9 Å². The molecule has 1 atom stereocenters. The molecule has 1 N–H and O–H groups in total. The number of sulfonamides is 1. The molecule has 26 heavy (non-hydrogen) atoms. The zero-order chi connectivity index (χ0) is 18.6. The van der Waals surface area contributed by atoms with E-state index in [-0.39, 0.29) is 4.90 Å². The minimum absolute atomic E-state index is 0.0858. The number of esters is 1. The number of hydrogen-bond donors (Lipinski definition) is 1. The summed E-state index contributed by atoms with van der Waals surface area (Å²) in [5.74, 6) is -0.511. The number of ether oxygens (including phenoxy) is 1. The van der Waals surface area contributed by atoms with Gasteiger partial charge < -0.3 is 4.74 Å². The van der Waals surface area contributed by atoms with Gasteiger partial charge in [-0.3, -0.25) is 0 Å². The molecule has 0 aliphatic heterocycles. The monoisotopic (exact) mass is 387 g/mol. The molecular weight excluding hydrogens is 370 g/mol. The molecule has 0 radical (unpaired) electrons. The van der Waals surface area contributed by atoms with E-state index in [1.807, 2.05) is 47.8 Å². The summed E-state index contributed by atoms with van der Waals surface area (Å²) in [5, 5.41) is 1.91. The van der Waals surface area contributed by atoms with Crippen molar-refractivity contribution in [3.8, 4) is 0 Å². The number of carbonyl (C=O) groups is 1. The lowest BCUT2D eigenvalue weighted by Gasteiger charge is -2.18. The summed E-state index contributed by atoms with van der Waals surface area (Å²) in [5.41, 5.74) is 1.15. The van der Waals surface area contributed by atoms with Crippen molar-refractivity contribution in [1.82, 2.24) is 4.72 Å². The maximum absolute atomic E-state index is 12.8. The summed E-state index contributed by atoms with van der Waals surface area (Å²) in [7, 11) is -2.50. The third-order valence-corrected chi connectivity index (χ3v) is 6.20. The van der Waals surface area contributed by atoms with Crippen LogP contribution in [-0.4, -0.2) is 21.5 Å². The zero-order valence-corrected chi connectivity index (χ0v) is 15.6. The van der Waals surface area contributed by atoms with E-state index in [9.17, 15) is 13.2 Å². The molecule has 0 amide bonds. The molecule has 1 aromatic heterocycles. The fourth-order valence-corrected chi connectivity index (χ4v) is 4.58. The first-order chi connectivity index (χ1) is 12.5. The molecule has 5 nitrogen and oxygen atoms in total. The van der Waals surface area contributed by atoms with E-state index >= 15 is 0 Å². The second kappa shape index (κ2) is 7.82. The van der Waals surface area contributed by atoms with Gasteiger partial charge in [0.2, 0.25) is 10.0 Å². The van der Waals surface area contributed by atoms with Crippen molar-refractivity contribution in [3.05, 3.63) is 88.1 Å². The highest BCUT2D eigenvalue weighted by Gasteiger charge is 2.23. The lowest BCUT2D eigenvalue weighted by molar-refractivity contribution is 0.0600. The van der Waals surface area contributed by atoms with Gasteiger partial charge in [0.05, 0.1) is 23.6 Å². The molecule has 0 spiro atoms. The van der Waals surface area contributed by atoms with Crippen LogP contribution < -0.4 is 4.72 Å². The number of rotatable bonds is 6. The van der Waals surface area contributed by atoms with Crippen molar-refractivity contribution in [2.45, 2.75) is 10.9 Å². The van der Waals surface area contributed by atoms with Crippen LogP contribution in [0.4, 0.5) is 0 Å². The van der Waals surface area contributed by atoms with E-state index in [0.29, 0.717) is 5.56 Å². The first kappa shape index (κ1) is 18.3. The molecule has 2 aromatic carbocycles. The molecule has 0 saturated carbocycles. The highest BCUT2D eigenvalue weighted by molar-refractivity contribution is 7.89.